The molecule has 0 spiro atoms. The minimum absolute atomic E-state index is 0.133. The molecule has 6 rings (SSSR count). The Labute approximate surface area is 233 Å². The summed E-state index contributed by atoms with van der Waals surface area (Å²) in [6.45, 7) is 3.25. The molecule has 39 heavy (non-hydrogen) atoms. The minimum atomic E-state index is -3.71. The van der Waals surface area contributed by atoms with Gasteiger partial charge in [-0.1, -0.05) is 41.9 Å². The predicted octanol–water partition coefficient (Wildman–Crippen LogP) is 4.72. The van der Waals surface area contributed by atoms with Crippen molar-refractivity contribution in [2.45, 2.75) is 23.7 Å². The molecule has 0 radical (unpaired) electrons. The Bertz CT molecular complexity index is 1530. The second-order valence-electron chi connectivity index (χ2n) is 10.1. The van der Waals surface area contributed by atoms with Crippen LogP contribution >= 0.6 is 11.6 Å². The van der Waals surface area contributed by atoms with E-state index in [-0.39, 0.29) is 10.8 Å². The number of aliphatic imine (C=N–C) groups is 1. The van der Waals surface area contributed by atoms with Gasteiger partial charge in [-0.25, -0.2) is 13.1 Å². The molecule has 8 nitrogen and oxygen atoms in total. The van der Waals surface area contributed by atoms with Crippen molar-refractivity contribution >= 4 is 50.3 Å². The average Bonchev–Trinajstić information content (AvgIpc) is 3.72. The zero-order valence-corrected chi connectivity index (χ0v) is 22.8. The predicted molar refractivity (Wildman–Crippen MR) is 153 cm³/mol. The maximum absolute atomic E-state index is 13.3. The highest BCUT2D eigenvalue weighted by Crippen LogP contribution is 2.39. The van der Waals surface area contributed by atoms with Gasteiger partial charge in [0.05, 0.1) is 40.2 Å². The Morgan fingerprint density at radius 3 is 2.54 bits per heavy atom. The van der Waals surface area contributed by atoms with E-state index in [2.05, 4.69) is 14.9 Å². The second kappa shape index (κ2) is 10.7. The molecular formula is C29H29ClN4O4S. The van der Waals surface area contributed by atoms with Gasteiger partial charge in [-0.3, -0.25) is 9.79 Å². The van der Waals surface area contributed by atoms with Gasteiger partial charge in [0.1, 0.15) is 5.92 Å². The third-order valence-corrected chi connectivity index (χ3v) is 9.02. The highest BCUT2D eigenvalue weighted by atomic mass is 35.5. The average molecular weight is 565 g/mol. The number of nitrogens with zero attached hydrogens (tertiary/aromatic N) is 2. The summed E-state index contributed by atoms with van der Waals surface area (Å²) in [6, 6.07) is 19.8. The van der Waals surface area contributed by atoms with Gasteiger partial charge in [-0.05, 0) is 66.3 Å². The number of anilines is 2. The number of rotatable bonds is 8. The molecule has 10 heteroatoms. The Balaban J connectivity index is 1.39. The van der Waals surface area contributed by atoms with Crippen LogP contribution in [0.25, 0.3) is 0 Å². The van der Waals surface area contributed by atoms with Gasteiger partial charge in [-0.2, -0.15) is 0 Å². The van der Waals surface area contributed by atoms with Crippen LogP contribution in [0.4, 0.5) is 17.1 Å². The van der Waals surface area contributed by atoms with E-state index in [9.17, 15) is 13.2 Å². The molecule has 1 unspecified atom stereocenters. The first-order valence-corrected chi connectivity index (χ1v) is 15.0. The number of ether oxygens (including phenoxy) is 1. The largest absolute Gasteiger partial charge is 0.378 e. The van der Waals surface area contributed by atoms with Gasteiger partial charge in [0, 0.05) is 25.3 Å². The molecule has 3 aromatic carbocycles. The van der Waals surface area contributed by atoms with Crippen LogP contribution in [0.2, 0.25) is 5.02 Å². The lowest BCUT2D eigenvalue weighted by Crippen LogP contribution is -2.36. The summed E-state index contributed by atoms with van der Waals surface area (Å²) in [6.07, 6.45) is 2.09. The number of nitrogens with one attached hydrogen (secondary N) is 2. The van der Waals surface area contributed by atoms with Crippen molar-refractivity contribution in [3.63, 3.8) is 0 Å². The number of amides is 1. The zero-order chi connectivity index (χ0) is 27.0. The lowest BCUT2D eigenvalue weighted by Gasteiger charge is -2.29. The first-order chi connectivity index (χ1) is 18.9. The van der Waals surface area contributed by atoms with Gasteiger partial charge in [0.25, 0.3) is 0 Å². The molecule has 2 aliphatic heterocycles. The monoisotopic (exact) mass is 564 g/mol. The van der Waals surface area contributed by atoms with E-state index in [0.29, 0.717) is 53.3 Å². The molecule has 0 bridgehead atoms. The van der Waals surface area contributed by atoms with Gasteiger partial charge < -0.3 is 15.0 Å². The molecule has 3 aromatic rings. The van der Waals surface area contributed by atoms with Crippen molar-refractivity contribution in [3.8, 4) is 0 Å². The molecule has 3 aliphatic rings. The first-order valence-electron chi connectivity index (χ1n) is 13.1. The number of carbonyl (C=O) groups excluding carboxylic acids is 1. The van der Waals surface area contributed by atoms with E-state index in [4.69, 9.17) is 21.3 Å². The standard InChI is InChI=1S/C29H29ClN4O4S/c30-24-16-21(8-11-26(24)34-12-14-38-15-13-34)32-28(20-4-2-1-3-5-20)27-23-17-22(9-10-25(23)33-29(27)35)39(36,37)31-18-19-6-7-19/h1-5,8-11,16-17,19,27,31H,6-7,12-15,18H2,(H,33,35). The first kappa shape index (κ1) is 26.0. The second-order valence-corrected chi connectivity index (χ2v) is 12.2. The summed E-state index contributed by atoms with van der Waals surface area (Å²) in [4.78, 5) is 20.6. The van der Waals surface area contributed by atoms with Crippen LogP contribution in [0, 0.1) is 5.92 Å². The Hall–Kier alpha value is -3.24. The maximum Gasteiger partial charge on any atom is 0.240 e. The quantitative estimate of drug-likeness (QED) is 0.386. The molecular weight excluding hydrogens is 536 g/mol. The van der Waals surface area contributed by atoms with Crippen LogP contribution in [0.3, 0.4) is 0 Å². The summed E-state index contributed by atoms with van der Waals surface area (Å²) in [5, 5.41) is 3.47. The van der Waals surface area contributed by atoms with Crippen LogP contribution in [-0.2, 0) is 19.6 Å². The van der Waals surface area contributed by atoms with Crippen LogP contribution in [-0.4, -0.2) is 52.9 Å². The smallest absolute Gasteiger partial charge is 0.240 e. The molecule has 2 N–H and O–H groups in total. The van der Waals surface area contributed by atoms with Crippen LogP contribution in [0.15, 0.2) is 76.6 Å². The number of halogens is 1. The number of fused-ring (bicyclic) bond motifs is 1. The lowest BCUT2D eigenvalue weighted by atomic mass is 9.90. The molecule has 1 saturated heterocycles. The van der Waals surface area contributed by atoms with Gasteiger partial charge >= 0.3 is 0 Å². The van der Waals surface area contributed by atoms with E-state index in [1.807, 2.05) is 42.5 Å². The highest BCUT2D eigenvalue weighted by Gasteiger charge is 2.37. The maximum atomic E-state index is 13.3. The normalized spacial score (nSPS) is 19.6. The van der Waals surface area contributed by atoms with Gasteiger partial charge in [-0.15, -0.1) is 0 Å². The lowest BCUT2D eigenvalue weighted by molar-refractivity contribution is -0.115. The summed E-state index contributed by atoms with van der Waals surface area (Å²) >= 11 is 6.68. The molecule has 1 amide bonds. The molecule has 1 aliphatic carbocycles. The van der Waals surface area contributed by atoms with Crippen molar-refractivity contribution < 1.29 is 17.9 Å². The van der Waals surface area contributed by atoms with E-state index in [0.717, 1.165) is 37.2 Å². The Morgan fingerprint density at radius 2 is 1.82 bits per heavy atom. The summed E-state index contributed by atoms with van der Waals surface area (Å²) in [5.74, 6) is -0.647. The SMILES string of the molecule is O=C1Nc2ccc(S(=O)(=O)NCC3CC3)cc2C1C(=Nc1ccc(N2CCOCC2)c(Cl)c1)c1ccccc1. The molecule has 1 atom stereocenters. The van der Waals surface area contributed by atoms with Crippen LogP contribution in [0.1, 0.15) is 29.9 Å². The number of morpholine rings is 1. The number of benzene rings is 3. The van der Waals surface area contributed by atoms with Crippen LogP contribution in [0.5, 0.6) is 0 Å². The number of carbonyl (C=O) groups is 1. The summed E-state index contributed by atoms with van der Waals surface area (Å²) < 4.78 is 34.2. The van der Waals surface area contributed by atoms with E-state index < -0.39 is 15.9 Å². The summed E-state index contributed by atoms with van der Waals surface area (Å²) in [5.41, 5.74) is 3.95. The fourth-order valence-electron chi connectivity index (χ4n) is 4.98. The van der Waals surface area contributed by atoms with Crippen molar-refractivity contribution in [1.29, 1.82) is 0 Å². The molecule has 0 aromatic heterocycles. The molecule has 2 fully saturated rings. The minimum Gasteiger partial charge on any atom is -0.378 e. The number of hydrogen-bond donors (Lipinski definition) is 2. The molecule has 1 saturated carbocycles. The zero-order valence-electron chi connectivity index (χ0n) is 21.3. The van der Waals surface area contributed by atoms with Crippen molar-refractivity contribution in [2.75, 3.05) is 43.1 Å². The third kappa shape index (κ3) is 5.58. The number of hydrogen-bond acceptors (Lipinski definition) is 6. The summed E-state index contributed by atoms with van der Waals surface area (Å²) in [7, 11) is -3.71. The van der Waals surface area contributed by atoms with E-state index in [1.165, 1.54) is 6.07 Å². The van der Waals surface area contributed by atoms with Gasteiger partial charge in [0.15, 0.2) is 0 Å². The third-order valence-electron chi connectivity index (χ3n) is 7.30. The molecule has 2 heterocycles. The van der Waals surface area contributed by atoms with E-state index in [1.54, 1.807) is 18.2 Å². The van der Waals surface area contributed by atoms with Crippen LogP contribution < -0.4 is 14.9 Å². The fourth-order valence-corrected chi connectivity index (χ4v) is 6.43. The topological polar surface area (TPSA) is 100 Å². The Kier molecular flexibility index (Phi) is 7.16. The highest BCUT2D eigenvalue weighted by molar-refractivity contribution is 7.89. The van der Waals surface area contributed by atoms with Gasteiger partial charge in [0.2, 0.25) is 15.9 Å². The number of sulfonamides is 1. The van der Waals surface area contributed by atoms with Crippen molar-refractivity contribution in [2.24, 2.45) is 10.9 Å². The fraction of sp³-hybridized carbons (Fsp3) is 0.310. The van der Waals surface area contributed by atoms with Crippen molar-refractivity contribution in [3.05, 3.63) is 82.9 Å². The Morgan fingerprint density at radius 1 is 1.05 bits per heavy atom. The molecule has 202 valence electrons. The van der Waals surface area contributed by atoms with E-state index >= 15 is 0 Å². The van der Waals surface area contributed by atoms with Crippen molar-refractivity contribution in [1.82, 2.24) is 4.72 Å².